The third-order valence-corrected chi connectivity index (χ3v) is 2.94. The summed E-state index contributed by atoms with van der Waals surface area (Å²) in [4.78, 5) is 38.5. The second-order valence-electron chi connectivity index (χ2n) is 5.99. The van der Waals surface area contributed by atoms with Crippen molar-refractivity contribution >= 4 is 24.0 Å². The van der Waals surface area contributed by atoms with Crippen molar-refractivity contribution in [3.8, 4) is 0 Å². The SMILES string of the molecule is CCOC(=O)C=Cc1[nH]c(C(=O)OC(C)(C)C)c(C)c1C(=O)OC. The van der Waals surface area contributed by atoms with Crippen LogP contribution in [0.2, 0.25) is 0 Å². The maximum absolute atomic E-state index is 12.3. The van der Waals surface area contributed by atoms with Crippen LogP contribution in [-0.2, 0) is 19.0 Å². The molecule has 0 fully saturated rings. The van der Waals surface area contributed by atoms with E-state index in [9.17, 15) is 14.4 Å². The number of H-pyrrole nitrogens is 1. The topological polar surface area (TPSA) is 94.7 Å². The van der Waals surface area contributed by atoms with Crippen molar-refractivity contribution < 1.29 is 28.6 Å². The zero-order valence-electron chi connectivity index (χ0n) is 14.8. The summed E-state index contributed by atoms with van der Waals surface area (Å²) in [5, 5.41) is 0. The summed E-state index contributed by atoms with van der Waals surface area (Å²) in [5.74, 6) is -1.78. The van der Waals surface area contributed by atoms with Crippen LogP contribution >= 0.6 is 0 Å². The number of esters is 3. The van der Waals surface area contributed by atoms with E-state index in [1.54, 1.807) is 34.6 Å². The van der Waals surface area contributed by atoms with E-state index < -0.39 is 23.5 Å². The highest BCUT2D eigenvalue weighted by Gasteiger charge is 2.27. The summed E-state index contributed by atoms with van der Waals surface area (Å²) in [7, 11) is 1.24. The minimum absolute atomic E-state index is 0.133. The van der Waals surface area contributed by atoms with Gasteiger partial charge >= 0.3 is 17.9 Å². The molecule has 0 aromatic carbocycles. The molecule has 0 aliphatic rings. The second kappa shape index (κ2) is 7.81. The number of methoxy groups -OCH3 is 1. The van der Waals surface area contributed by atoms with Crippen LogP contribution in [0, 0.1) is 6.92 Å². The van der Waals surface area contributed by atoms with Gasteiger partial charge in [0.2, 0.25) is 0 Å². The maximum atomic E-state index is 12.3. The molecule has 0 aliphatic heterocycles. The Morgan fingerprint density at radius 1 is 1.17 bits per heavy atom. The van der Waals surface area contributed by atoms with Gasteiger partial charge in [-0.25, -0.2) is 14.4 Å². The number of nitrogens with one attached hydrogen (secondary N) is 1. The molecule has 24 heavy (non-hydrogen) atoms. The van der Waals surface area contributed by atoms with Gasteiger partial charge in [-0.05, 0) is 46.3 Å². The van der Waals surface area contributed by atoms with Crippen molar-refractivity contribution in [3.05, 3.63) is 28.6 Å². The number of aromatic amines is 1. The summed E-state index contributed by atoms with van der Waals surface area (Å²) in [6.45, 7) is 8.75. The number of aromatic nitrogens is 1. The zero-order valence-corrected chi connectivity index (χ0v) is 14.8. The molecule has 7 heteroatoms. The third-order valence-electron chi connectivity index (χ3n) is 2.94. The lowest BCUT2D eigenvalue weighted by Gasteiger charge is -2.19. The average molecular weight is 337 g/mol. The lowest BCUT2D eigenvalue weighted by Crippen LogP contribution is -2.24. The molecule has 1 N–H and O–H groups in total. The van der Waals surface area contributed by atoms with E-state index in [2.05, 4.69) is 4.98 Å². The van der Waals surface area contributed by atoms with Crippen LogP contribution in [0.5, 0.6) is 0 Å². The van der Waals surface area contributed by atoms with E-state index >= 15 is 0 Å². The van der Waals surface area contributed by atoms with Crippen LogP contribution in [0.25, 0.3) is 6.08 Å². The van der Waals surface area contributed by atoms with E-state index in [1.807, 2.05) is 0 Å². The van der Waals surface area contributed by atoms with Gasteiger partial charge in [-0.3, -0.25) is 0 Å². The molecule has 1 rings (SSSR count). The van der Waals surface area contributed by atoms with Crippen LogP contribution in [-0.4, -0.2) is 42.2 Å². The summed E-state index contributed by atoms with van der Waals surface area (Å²) in [5.41, 5.74) is 0.279. The Kier molecular flexibility index (Phi) is 6.34. The Morgan fingerprint density at radius 2 is 1.79 bits per heavy atom. The van der Waals surface area contributed by atoms with E-state index in [4.69, 9.17) is 14.2 Å². The first kappa shape index (κ1) is 19.5. The standard InChI is InChI=1S/C17H23NO6/c1-7-23-12(19)9-8-11-13(15(20)22-6)10(2)14(18-11)16(21)24-17(3,4)5/h8-9,18H,7H2,1-6H3. The Balaban J connectivity index is 3.28. The van der Waals surface area contributed by atoms with Gasteiger partial charge in [-0.2, -0.15) is 0 Å². The molecule has 1 aromatic heterocycles. The first-order valence-corrected chi connectivity index (χ1v) is 7.49. The first-order chi connectivity index (χ1) is 11.1. The smallest absolute Gasteiger partial charge is 0.355 e. The minimum atomic E-state index is -0.680. The molecule has 0 saturated carbocycles. The van der Waals surface area contributed by atoms with Crippen LogP contribution in [0.15, 0.2) is 6.08 Å². The van der Waals surface area contributed by atoms with Gasteiger partial charge in [0, 0.05) is 6.08 Å². The number of hydrogen-bond acceptors (Lipinski definition) is 6. The van der Waals surface area contributed by atoms with E-state index in [-0.39, 0.29) is 23.6 Å². The fraction of sp³-hybridized carbons (Fsp3) is 0.471. The van der Waals surface area contributed by atoms with E-state index in [1.165, 1.54) is 19.3 Å². The van der Waals surface area contributed by atoms with Crippen molar-refractivity contribution in [1.82, 2.24) is 4.98 Å². The summed E-state index contributed by atoms with van der Waals surface area (Å²) < 4.78 is 14.9. The quantitative estimate of drug-likeness (QED) is 0.504. The van der Waals surface area contributed by atoms with E-state index in [0.717, 1.165) is 0 Å². The number of rotatable bonds is 5. The van der Waals surface area contributed by atoms with Crippen LogP contribution in [0.3, 0.4) is 0 Å². The molecule has 1 aromatic rings. The van der Waals surface area contributed by atoms with Crippen LogP contribution in [0.4, 0.5) is 0 Å². The van der Waals surface area contributed by atoms with Crippen molar-refractivity contribution in [1.29, 1.82) is 0 Å². The molecule has 0 radical (unpaired) electrons. The highest BCUT2D eigenvalue weighted by atomic mass is 16.6. The fourth-order valence-electron chi connectivity index (χ4n) is 1.98. The molecule has 0 unspecified atom stereocenters. The molecule has 0 bridgehead atoms. The molecule has 132 valence electrons. The Bertz CT molecular complexity index is 663. The maximum Gasteiger partial charge on any atom is 0.355 e. The Morgan fingerprint density at radius 3 is 2.29 bits per heavy atom. The molecule has 0 atom stereocenters. The average Bonchev–Trinajstić information content (AvgIpc) is 2.80. The lowest BCUT2D eigenvalue weighted by molar-refractivity contribution is -0.137. The minimum Gasteiger partial charge on any atom is -0.465 e. The lowest BCUT2D eigenvalue weighted by atomic mass is 10.1. The van der Waals surface area contributed by atoms with Gasteiger partial charge < -0.3 is 19.2 Å². The van der Waals surface area contributed by atoms with Gasteiger partial charge in [-0.15, -0.1) is 0 Å². The van der Waals surface area contributed by atoms with Crippen LogP contribution < -0.4 is 0 Å². The summed E-state index contributed by atoms with van der Waals surface area (Å²) >= 11 is 0. The number of hydrogen-bond donors (Lipinski definition) is 1. The van der Waals surface area contributed by atoms with Crippen molar-refractivity contribution in [2.45, 2.75) is 40.2 Å². The molecule has 1 heterocycles. The largest absolute Gasteiger partial charge is 0.465 e. The van der Waals surface area contributed by atoms with Crippen molar-refractivity contribution in [2.75, 3.05) is 13.7 Å². The summed E-state index contributed by atoms with van der Waals surface area (Å²) in [6, 6.07) is 0. The second-order valence-corrected chi connectivity index (χ2v) is 5.99. The highest BCUT2D eigenvalue weighted by molar-refractivity contribution is 6.01. The van der Waals surface area contributed by atoms with Crippen LogP contribution in [0.1, 0.15) is 59.8 Å². The molecule has 0 spiro atoms. The number of ether oxygens (including phenoxy) is 3. The van der Waals surface area contributed by atoms with Gasteiger partial charge in [0.1, 0.15) is 11.3 Å². The molecule has 0 amide bonds. The van der Waals surface area contributed by atoms with Gasteiger partial charge in [-0.1, -0.05) is 0 Å². The molecular formula is C17H23NO6. The highest BCUT2D eigenvalue weighted by Crippen LogP contribution is 2.23. The van der Waals surface area contributed by atoms with Gasteiger partial charge in [0.15, 0.2) is 0 Å². The Hall–Kier alpha value is -2.57. The number of carbonyl (C=O) groups excluding carboxylic acids is 3. The zero-order chi connectivity index (χ0) is 18.5. The predicted molar refractivity (Wildman–Crippen MR) is 87.7 cm³/mol. The van der Waals surface area contributed by atoms with Crippen molar-refractivity contribution in [2.24, 2.45) is 0 Å². The van der Waals surface area contributed by atoms with E-state index in [0.29, 0.717) is 5.56 Å². The normalized spacial score (nSPS) is 11.4. The fourth-order valence-corrected chi connectivity index (χ4v) is 1.98. The first-order valence-electron chi connectivity index (χ1n) is 7.49. The molecule has 7 nitrogen and oxygen atoms in total. The molecular weight excluding hydrogens is 314 g/mol. The monoisotopic (exact) mass is 337 g/mol. The summed E-state index contributed by atoms with van der Waals surface area (Å²) in [6.07, 6.45) is 2.53. The van der Waals surface area contributed by atoms with Gasteiger partial charge in [0.05, 0.1) is 25.0 Å². The number of carbonyl (C=O) groups is 3. The van der Waals surface area contributed by atoms with Gasteiger partial charge in [0.25, 0.3) is 0 Å². The Labute approximate surface area is 141 Å². The molecule has 0 aliphatic carbocycles. The molecule has 0 saturated heterocycles. The van der Waals surface area contributed by atoms with Crippen molar-refractivity contribution in [3.63, 3.8) is 0 Å². The predicted octanol–water partition coefficient (Wildman–Crippen LogP) is 2.64. The third kappa shape index (κ3) is 4.97.